The molecule has 3 aromatic heterocycles. The van der Waals surface area contributed by atoms with Crippen molar-refractivity contribution in [1.82, 2.24) is 19.8 Å². The predicted octanol–water partition coefficient (Wildman–Crippen LogP) is 3.72. The Kier molecular flexibility index (Phi) is 2.40. The fourth-order valence-corrected chi connectivity index (χ4v) is 2.95. The minimum absolute atomic E-state index is 0.380. The van der Waals surface area contributed by atoms with Crippen molar-refractivity contribution in [3.63, 3.8) is 0 Å². The second kappa shape index (κ2) is 4.14. The molecule has 0 spiro atoms. The van der Waals surface area contributed by atoms with Gasteiger partial charge in [0.05, 0.1) is 0 Å². The van der Waals surface area contributed by atoms with Crippen LogP contribution in [0.25, 0.3) is 27.5 Å². The molecule has 0 fully saturated rings. The fraction of sp³-hybridized carbons (Fsp3) is 0.214. The van der Waals surface area contributed by atoms with E-state index in [0.717, 1.165) is 20.9 Å². The first-order chi connectivity index (χ1) is 9.72. The lowest BCUT2D eigenvalue weighted by molar-refractivity contribution is 0.621. The zero-order chi connectivity index (χ0) is 13.7. The van der Waals surface area contributed by atoms with E-state index in [4.69, 9.17) is 4.42 Å². The average molecular weight is 284 g/mol. The summed E-state index contributed by atoms with van der Waals surface area (Å²) in [6, 6.07) is 9.87. The summed E-state index contributed by atoms with van der Waals surface area (Å²) in [6.07, 6.45) is 0. The van der Waals surface area contributed by atoms with Crippen molar-refractivity contribution in [3.8, 4) is 11.6 Å². The first-order valence-electron chi connectivity index (χ1n) is 6.43. The lowest BCUT2D eigenvalue weighted by Crippen LogP contribution is -1.92. The molecule has 4 rings (SSSR count). The molecule has 5 nitrogen and oxygen atoms in total. The Morgan fingerprint density at radius 2 is 2.05 bits per heavy atom. The lowest BCUT2D eigenvalue weighted by atomic mass is 10.2. The normalized spacial score (nSPS) is 11.9. The molecule has 6 heteroatoms. The zero-order valence-electron chi connectivity index (χ0n) is 11.1. The molecule has 0 aliphatic carbocycles. The summed E-state index contributed by atoms with van der Waals surface area (Å²) in [5.41, 5.74) is 0.846. The third-order valence-corrected chi connectivity index (χ3v) is 4.35. The molecule has 4 aromatic rings. The first-order valence-corrected chi connectivity index (χ1v) is 7.25. The number of para-hydroxylation sites is 1. The fourth-order valence-electron chi connectivity index (χ4n) is 2.11. The topological polar surface area (TPSA) is 56.2 Å². The summed E-state index contributed by atoms with van der Waals surface area (Å²) in [5.74, 6) is 1.73. The number of hydrogen-bond acceptors (Lipinski definition) is 5. The molecule has 0 saturated heterocycles. The molecular weight excluding hydrogens is 272 g/mol. The van der Waals surface area contributed by atoms with Gasteiger partial charge in [0, 0.05) is 11.3 Å². The van der Waals surface area contributed by atoms with Crippen LogP contribution in [0.15, 0.2) is 34.7 Å². The molecule has 0 aliphatic rings. The number of hydrogen-bond donors (Lipinski definition) is 0. The molecular formula is C14H12N4OS. The van der Waals surface area contributed by atoms with Crippen molar-refractivity contribution in [2.75, 3.05) is 0 Å². The first kappa shape index (κ1) is 11.6. The SMILES string of the molecule is CC(C)c1nn2c(-c3cc4ccccc4o3)nnc2s1. The molecule has 1 aromatic carbocycles. The van der Waals surface area contributed by atoms with E-state index in [9.17, 15) is 0 Å². The third-order valence-electron chi connectivity index (χ3n) is 3.15. The summed E-state index contributed by atoms with van der Waals surface area (Å²) in [6.45, 7) is 4.24. The van der Waals surface area contributed by atoms with Crippen LogP contribution in [0.5, 0.6) is 0 Å². The Hall–Kier alpha value is -2.21. The van der Waals surface area contributed by atoms with E-state index in [1.165, 1.54) is 0 Å². The quantitative estimate of drug-likeness (QED) is 0.563. The van der Waals surface area contributed by atoms with Gasteiger partial charge < -0.3 is 4.42 Å². The summed E-state index contributed by atoms with van der Waals surface area (Å²) in [5, 5.41) is 15.0. The molecule has 0 unspecified atom stereocenters. The zero-order valence-corrected chi connectivity index (χ0v) is 11.9. The van der Waals surface area contributed by atoms with Crippen LogP contribution in [0.4, 0.5) is 0 Å². The van der Waals surface area contributed by atoms with Crippen molar-refractivity contribution in [3.05, 3.63) is 35.3 Å². The van der Waals surface area contributed by atoms with Crippen LogP contribution in [0, 0.1) is 0 Å². The van der Waals surface area contributed by atoms with Gasteiger partial charge >= 0.3 is 0 Å². The minimum atomic E-state index is 0.380. The van der Waals surface area contributed by atoms with Gasteiger partial charge in [-0.15, -0.1) is 10.2 Å². The monoisotopic (exact) mass is 284 g/mol. The Balaban J connectivity index is 1.92. The van der Waals surface area contributed by atoms with Crippen LogP contribution in [-0.4, -0.2) is 19.8 Å². The number of nitrogens with zero attached hydrogens (tertiary/aromatic N) is 4. The molecule has 0 saturated carbocycles. The van der Waals surface area contributed by atoms with Gasteiger partial charge in [0.1, 0.15) is 10.6 Å². The molecule has 0 bridgehead atoms. The second-order valence-corrected chi connectivity index (χ2v) is 5.95. The van der Waals surface area contributed by atoms with E-state index in [-0.39, 0.29) is 0 Å². The molecule has 100 valence electrons. The van der Waals surface area contributed by atoms with Crippen LogP contribution in [-0.2, 0) is 0 Å². The summed E-state index contributed by atoms with van der Waals surface area (Å²) < 4.78 is 7.59. The Morgan fingerprint density at radius 3 is 2.85 bits per heavy atom. The Labute approximate surface area is 118 Å². The molecule has 20 heavy (non-hydrogen) atoms. The predicted molar refractivity (Wildman–Crippen MR) is 78.0 cm³/mol. The minimum Gasteiger partial charge on any atom is -0.453 e. The number of aromatic nitrogens is 4. The highest BCUT2D eigenvalue weighted by Crippen LogP contribution is 2.29. The maximum atomic E-state index is 5.83. The van der Waals surface area contributed by atoms with Crippen molar-refractivity contribution in [1.29, 1.82) is 0 Å². The average Bonchev–Trinajstić information content (AvgIpc) is 3.10. The van der Waals surface area contributed by atoms with Gasteiger partial charge in [-0.1, -0.05) is 43.4 Å². The van der Waals surface area contributed by atoms with Crippen LogP contribution < -0.4 is 0 Å². The number of fused-ring (bicyclic) bond motifs is 2. The highest BCUT2D eigenvalue weighted by Gasteiger charge is 2.17. The Morgan fingerprint density at radius 1 is 1.20 bits per heavy atom. The van der Waals surface area contributed by atoms with Crippen molar-refractivity contribution < 1.29 is 4.42 Å². The van der Waals surface area contributed by atoms with E-state index in [0.29, 0.717) is 17.5 Å². The van der Waals surface area contributed by atoms with E-state index in [2.05, 4.69) is 29.1 Å². The number of rotatable bonds is 2. The Bertz CT molecular complexity index is 869. The van der Waals surface area contributed by atoms with Crippen LogP contribution in [0.3, 0.4) is 0 Å². The smallest absolute Gasteiger partial charge is 0.235 e. The molecule has 0 aliphatic heterocycles. The largest absolute Gasteiger partial charge is 0.453 e. The van der Waals surface area contributed by atoms with Gasteiger partial charge in [-0.3, -0.25) is 0 Å². The second-order valence-electron chi connectivity index (χ2n) is 4.96. The van der Waals surface area contributed by atoms with E-state index >= 15 is 0 Å². The molecule has 3 heterocycles. The van der Waals surface area contributed by atoms with Crippen LogP contribution in [0.2, 0.25) is 0 Å². The van der Waals surface area contributed by atoms with Gasteiger partial charge in [-0.25, -0.2) is 0 Å². The van der Waals surface area contributed by atoms with Gasteiger partial charge in [0.15, 0.2) is 5.76 Å². The van der Waals surface area contributed by atoms with Gasteiger partial charge in [-0.05, 0) is 12.1 Å². The summed E-state index contributed by atoms with van der Waals surface area (Å²) in [4.78, 5) is 0.796. The molecule has 0 amide bonds. The number of furan rings is 1. The van der Waals surface area contributed by atoms with E-state index in [1.807, 2.05) is 30.3 Å². The molecule has 0 radical (unpaired) electrons. The highest BCUT2D eigenvalue weighted by molar-refractivity contribution is 7.16. The van der Waals surface area contributed by atoms with Crippen LogP contribution >= 0.6 is 11.3 Å². The van der Waals surface area contributed by atoms with Crippen molar-refractivity contribution in [2.45, 2.75) is 19.8 Å². The summed E-state index contributed by atoms with van der Waals surface area (Å²) >= 11 is 1.56. The van der Waals surface area contributed by atoms with Crippen LogP contribution in [0.1, 0.15) is 24.8 Å². The maximum Gasteiger partial charge on any atom is 0.235 e. The number of benzene rings is 1. The van der Waals surface area contributed by atoms with Gasteiger partial charge in [0.25, 0.3) is 0 Å². The molecule has 0 N–H and O–H groups in total. The van der Waals surface area contributed by atoms with E-state index in [1.54, 1.807) is 15.9 Å². The maximum absolute atomic E-state index is 5.83. The standard InChI is InChI=1S/C14H12N4OS/c1-8(2)13-17-18-12(15-16-14(18)20-13)11-7-9-5-3-4-6-10(9)19-11/h3-8H,1-2H3. The third kappa shape index (κ3) is 1.65. The van der Waals surface area contributed by atoms with E-state index < -0.39 is 0 Å². The molecule has 0 atom stereocenters. The highest BCUT2D eigenvalue weighted by atomic mass is 32.1. The lowest BCUT2D eigenvalue weighted by Gasteiger charge is -1.95. The van der Waals surface area contributed by atoms with Gasteiger partial charge in [-0.2, -0.15) is 9.61 Å². The van der Waals surface area contributed by atoms with Crippen molar-refractivity contribution >= 4 is 27.3 Å². The van der Waals surface area contributed by atoms with Gasteiger partial charge in [0.2, 0.25) is 10.8 Å². The van der Waals surface area contributed by atoms with Crippen molar-refractivity contribution in [2.24, 2.45) is 0 Å². The summed E-state index contributed by atoms with van der Waals surface area (Å²) in [7, 11) is 0.